The second kappa shape index (κ2) is 22.2. The molecule has 1 aliphatic rings. The molecule has 0 aliphatic carbocycles. The predicted octanol–water partition coefficient (Wildman–Crippen LogP) is 10.1. The van der Waals surface area contributed by atoms with Crippen LogP contribution in [0.25, 0.3) is 0 Å². The van der Waals surface area contributed by atoms with E-state index < -0.39 is 29.9 Å². The molecule has 2 atom stereocenters. The molecule has 10 nitrogen and oxygen atoms in total. The van der Waals surface area contributed by atoms with Crippen LogP contribution in [0.2, 0.25) is 0 Å². The van der Waals surface area contributed by atoms with Crippen molar-refractivity contribution in [2.45, 2.75) is 51.4 Å². The summed E-state index contributed by atoms with van der Waals surface area (Å²) in [5.74, 6) is -1.18. The highest BCUT2D eigenvalue weighted by Gasteiger charge is 2.32. The minimum atomic E-state index is -0.676. The Morgan fingerprint density at radius 2 is 1.08 bits per heavy atom. The zero-order valence-electron chi connectivity index (χ0n) is 36.4. The fraction of sp³-hybridized carbons (Fsp3) is 0.179. The van der Waals surface area contributed by atoms with E-state index in [-0.39, 0.29) is 47.1 Å². The number of esters is 2. The van der Waals surface area contributed by atoms with Crippen LogP contribution in [0.15, 0.2) is 188 Å². The Labute approximate surface area is 384 Å². The number of likely N-dealkylation sites (tertiary alicyclic amines) is 1. The second-order valence-electron chi connectivity index (χ2n) is 16.1. The zero-order chi connectivity index (χ0) is 45.5. The lowest BCUT2D eigenvalue weighted by atomic mass is 9.96. The molecule has 0 saturated carbocycles. The topological polar surface area (TPSA) is 120 Å². The van der Waals surface area contributed by atoms with Gasteiger partial charge in [-0.15, -0.1) is 0 Å². The van der Waals surface area contributed by atoms with Crippen LogP contribution >= 0.6 is 0 Å². The Morgan fingerprint density at radius 3 is 1.70 bits per heavy atom. The van der Waals surface area contributed by atoms with Crippen molar-refractivity contribution in [1.29, 1.82) is 0 Å². The zero-order valence-corrected chi connectivity index (χ0v) is 36.4. The molecule has 0 radical (unpaired) electrons. The summed E-state index contributed by atoms with van der Waals surface area (Å²) in [5, 5.41) is 3.18. The number of carbonyl (C=O) groups excluding carboxylic acids is 4. The molecule has 0 aromatic heterocycles. The maximum absolute atomic E-state index is 14.4. The van der Waals surface area contributed by atoms with Gasteiger partial charge in [0.2, 0.25) is 0 Å². The summed E-state index contributed by atoms with van der Waals surface area (Å²) in [7, 11) is 0. The van der Waals surface area contributed by atoms with Gasteiger partial charge < -0.3 is 24.3 Å². The lowest BCUT2D eigenvalue weighted by Crippen LogP contribution is -2.50. The highest BCUT2D eigenvalue weighted by molar-refractivity contribution is 6.16. The van der Waals surface area contributed by atoms with Crippen molar-refractivity contribution in [2.75, 3.05) is 13.1 Å². The van der Waals surface area contributed by atoms with Crippen molar-refractivity contribution in [3.05, 3.63) is 238 Å². The van der Waals surface area contributed by atoms with Crippen LogP contribution in [-0.2, 0) is 35.8 Å². The molecule has 0 unspecified atom stereocenters. The van der Waals surface area contributed by atoms with Gasteiger partial charge in [0.1, 0.15) is 37.4 Å². The molecule has 10 heteroatoms. The highest BCUT2D eigenvalue weighted by Crippen LogP contribution is 2.29. The van der Waals surface area contributed by atoms with Gasteiger partial charge in [-0.05, 0) is 90.2 Å². The molecule has 1 fully saturated rings. The third-order valence-electron chi connectivity index (χ3n) is 11.4. The van der Waals surface area contributed by atoms with Gasteiger partial charge >= 0.3 is 11.9 Å². The minimum Gasteiger partial charge on any atom is -0.489 e. The maximum Gasteiger partial charge on any atom is 0.339 e. The molecule has 1 saturated heterocycles. The lowest BCUT2D eigenvalue weighted by Gasteiger charge is -2.29. The van der Waals surface area contributed by atoms with Crippen LogP contribution in [0.5, 0.6) is 11.5 Å². The van der Waals surface area contributed by atoms with Crippen LogP contribution < -0.4 is 14.8 Å². The summed E-state index contributed by atoms with van der Waals surface area (Å²) in [5.41, 5.74) is 4.87. The summed E-state index contributed by atoms with van der Waals surface area (Å²) in [6, 6.07) is 56.2. The number of hydrogen-bond acceptors (Lipinski definition) is 9. The molecule has 66 heavy (non-hydrogen) atoms. The molecule has 1 aliphatic heterocycles. The minimum absolute atomic E-state index is 0.0217. The fourth-order valence-electron chi connectivity index (χ4n) is 7.86. The number of rotatable bonds is 17. The number of nitrogens with zero attached hydrogens (tertiary/aromatic N) is 1. The second-order valence-corrected chi connectivity index (χ2v) is 16.1. The first-order valence-electron chi connectivity index (χ1n) is 22.1. The Morgan fingerprint density at radius 1 is 0.530 bits per heavy atom. The van der Waals surface area contributed by atoms with E-state index in [1.165, 1.54) is 24.3 Å². The molecule has 1 N–H and O–H groups in total. The molecule has 1 amide bonds. The van der Waals surface area contributed by atoms with E-state index in [0.717, 1.165) is 35.2 Å². The van der Waals surface area contributed by atoms with Crippen molar-refractivity contribution in [3.8, 4) is 11.5 Å². The summed E-state index contributed by atoms with van der Waals surface area (Å²) in [4.78, 5) is 58.0. The molecular formula is C56H50N2O8. The van der Waals surface area contributed by atoms with Gasteiger partial charge in [-0.3, -0.25) is 14.5 Å². The van der Waals surface area contributed by atoms with Gasteiger partial charge in [0, 0.05) is 24.2 Å². The van der Waals surface area contributed by atoms with E-state index in [9.17, 15) is 19.2 Å². The Kier molecular flexibility index (Phi) is 15.1. The first-order valence-corrected chi connectivity index (χ1v) is 22.1. The van der Waals surface area contributed by atoms with Crippen LogP contribution in [0.1, 0.15) is 82.1 Å². The highest BCUT2D eigenvalue weighted by atomic mass is 16.5. The van der Waals surface area contributed by atoms with E-state index in [1.54, 1.807) is 42.5 Å². The third-order valence-corrected chi connectivity index (χ3v) is 11.4. The van der Waals surface area contributed by atoms with Crippen molar-refractivity contribution in [2.24, 2.45) is 0 Å². The molecular weight excluding hydrogens is 829 g/mol. The Hall–Kier alpha value is -7.82. The number of ketones is 1. The number of amides is 1. The van der Waals surface area contributed by atoms with Crippen molar-refractivity contribution in [3.63, 3.8) is 0 Å². The number of carbonyl (C=O) groups is 4. The summed E-state index contributed by atoms with van der Waals surface area (Å²) < 4.78 is 24.0. The molecule has 1 heterocycles. The largest absolute Gasteiger partial charge is 0.489 e. The Balaban J connectivity index is 0.981. The van der Waals surface area contributed by atoms with Gasteiger partial charge in [-0.25, -0.2) is 9.59 Å². The van der Waals surface area contributed by atoms with Crippen molar-refractivity contribution in [1.82, 2.24) is 10.2 Å². The van der Waals surface area contributed by atoms with Gasteiger partial charge in [0.05, 0.1) is 22.7 Å². The van der Waals surface area contributed by atoms with E-state index in [0.29, 0.717) is 37.4 Å². The van der Waals surface area contributed by atoms with Gasteiger partial charge in [-0.2, -0.15) is 0 Å². The summed E-state index contributed by atoms with van der Waals surface area (Å²) in [6.45, 7) is 2.46. The maximum atomic E-state index is 14.4. The van der Waals surface area contributed by atoms with E-state index >= 15 is 0 Å². The first kappa shape index (κ1) is 44.8. The first-order chi connectivity index (χ1) is 32.4. The van der Waals surface area contributed by atoms with E-state index in [2.05, 4.69) is 22.3 Å². The fourth-order valence-corrected chi connectivity index (χ4v) is 7.86. The summed E-state index contributed by atoms with van der Waals surface area (Å²) in [6.07, 6.45) is 0.614. The lowest BCUT2D eigenvalue weighted by molar-refractivity contribution is 0.0175. The monoisotopic (exact) mass is 878 g/mol. The number of benzene rings is 7. The van der Waals surface area contributed by atoms with Gasteiger partial charge in [0.25, 0.3) is 5.91 Å². The van der Waals surface area contributed by atoms with Crippen LogP contribution in [0, 0.1) is 0 Å². The standard InChI is InChI=1S/C56H50N2O8/c59-53(52-48(56(62)65-39-43-21-11-4-12-22-43)23-13-24-51(52)64-38-42-19-9-3-10-20-42)44-26-28-46(29-27-44)55(61)66-50-25-14-34-58(35-40-15-5-1-6-16-40)36-49(50)57-54(60)45-30-32-47(33-31-45)63-37-41-17-7-2-8-18-41/h1-13,15-24,26-33,49-50H,14,25,34-39H2,(H,57,60)/t49-,50-/m0/s1. The quantitative estimate of drug-likeness (QED) is 0.0704. The van der Waals surface area contributed by atoms with Crippen molar-refractivity contribution < 1.29 is 38.1 Å². The van der Waals surface area contributed by atoms with Gasteiger partial charge in [-0.1, -0.05) is 140 Å². The van der Waals surface area contributed by atoms with Crippen LogP contribution in [-0.4, -0.2) is 53.8 Å². The van der Waals surface area contributed by atoms with Crippen molar-refractivity contribution >= 4 is 23.6 Å². The third kappa shape index (κ3) is 12.0. The average Bonchev–Trinajstić information content (AvgIpc) is 3.55. The average molecular weight is 879 g/mol. The molecule has 0 spiro atoms. The molecule has 7 aromatic rings. The molecule has 8 rings (SSSR count). The number of ether oxygens (including phenoxy) is 4. The molecule has 0 bridgehead atoms. The molecule has 332 valence electrons. The SMILES string of the molecule is O=C(N[C@H]1CN(Cc2ccccc2)CCC[C@@H]1OC(=O)c1ccc(C(=O)c2c(OCc3ccccc3)cccc2C(=O)OCc2ccccc2)cc1)c1ccc(OCc2ccccc2)cc1. The van der Waals surface area contributed by atoms with Crippen LogP contribution in [0.4, 0.5) is 0 Å². The molecule has 7 aromatic carbocycles. The summed E-state index contributed by atoms with van der Waals surface area (Å²) >= 11 is 0. The number of nitrogens with one attached hydrogen (secondary N) is 1. The van der Waals surface area contributed by atoms with E-state index in [4.69, 9.17) is 18.9 Å². The normalized spacial score (nSPS) is 14.8. The number of hydrogen-bond donors (Lipinski definition) is 1. The van der Waals surface area contributed by atoms with Crippen LogP contribution in [0.3, 0.4) is 0 Å². The van der Waals surface area contributed by atoms with Gasteiger partial charge in [0.15, 0.2) is 5.78 Å². The Bertz CT molecular complexity index is 2700. The predicted molar refractivity (Wildman–Crippen MR) is 251 cm³/mol. The van der Waals surface area contributed by atoms with E-state index in [1.807, 2.05) is 109 Å². The smallest absolute Gasteiger partial charge is 0.339 e.